The van der Waals surface area contributed by atoms with Crippen molar-refractivity contribution in [1.82, 2.24) is 9.88 Å². The zero-order valence-electron chi connectivity index (χ0n) is 14.4. The third-order valence-corrected chi connectivity index (χ3v) is 5.52. The largest absolute Gasteiger partial charge is 0.370 e. The summed E-state index contributed by atoms with van der Waals surface area (Å²) in [5, 5.41) is 3.32. The number of aromatic nitrogens is 1. The van der Waals surface area contributed by atoms with Crippen LogP contribution in [0.25, 0.3) is 0 Å². The summed E-state index contributed by atoms with van der Waals surface area (Å²) in [4.78, 5) is 31.3. The Bertz CT molecular complexity index is 702. The van der Waals surface area contributed by atoms with E-state index in [9.17, 15) is 9.59 Å². The molecule has 0 radical (unpaired) electrons. The minimum absolute atomic E-state index is 0.0582. The van der Waals surface area contributed by atoms with Crippen molar-refractivity contribution in [3.63, 3.8) is 0 Å². The Morgan fingerprint density at radius 3 is 2.84 bits per heavy atom. The van der Waals surface area contributed by atoms with Gasteiger partial charge in [-0.2, -0.15) is 0 Å². The lowest BCUT2D eigenvalue weighted by Gasteiger charge is -2.38. The summed E-state index contributed by atoms with van der Waals surface area (Å²) < 4.78 is 0. The second-order valence-corrected chi connectivity index (χ2v) is 7.40. The molecule has 134 valence electrons. The van der Waals surface area contributed by atoms with Crippen molar-refractivity contribution in [3.05, 3.63) is 29.9 Å². The number of carbonyl (C=O) groups excluding carboxylic acids is 2. The standard InChI is InChI=1S/C18H23ClN4O2/c1-3-17(25)22(2)11-16(24)21-15-9-14(13(19)10-20-15)23-8-7-18(12-23)5-4-6-18/h3,9-10H,1,4-8,11-12H2,2H3,(H,20,21,24). The fourth-order valence-electron chi connectivity index (χ4n) is 3.60. The number of hydrogen-bond donors (Lipinski definition) is 1. The van der Waals surface area contributed by atoms with Crippen LogP contribution in [0.15, 0.2) is 24.9 Å². The van der Waals surface area contributed by atoms with Gasteiger partial charge < -0.3 is 15.1 Å². The molecule has 0 aromatic carbocycles. The number of anilines is 2. The van der Waals surface area contributed by atoms with Crippen molar-refractivity contribution >= 4 is 34.9 Å². The summed E-state index contributed by atoms with van der Waals surface area (Å²) in [7, 11) is 1.55. The Morgan fingerprint density at radius 2 is 2.24 bits per heavy atom. The van der Waals surface area contributed by atoms with Crippen LogP contribution in [0.1, 0.15) is 25.7 Å². The van der Waals surface area contributed by atoms with E-state index in [1.165, 1.54) is 36.7 Å². The van der Waals surface area contributed by atoms with Gasteiger partial charge in [0.15, 0.2) is 0 Å². The molecule has 7 heteroatoms. The van der Waals surface area contributed by atoms with Crippen LogP contribution in [-0.4, -0.2) is 48.4 Å². The Balaban J connectivity index is 1.66. The van der Waals surface area contributed by atoms with Crippen LogP contribution < -0.4 is 10.2 Å². The average Bonchev–Trinajstić information content (AvgIpc) is 3.01. The predicted molar refractivity (Wildman–Crippen MR) is 98.8 cm³/mol. The molecular weight excluding hydrogens is 340 g/mol. The highest BCUT2D eigenvalue weighted by Gasteiger charge is 2.43. The summed E-state index contributed by atoms with van der Waals surface area (Å²) in [5.74, 6) is -0.170. The molecule has 1 aromatic heterocycles. The van der Waals surface area contributed by atoms with Gasteiger partial charge in [0.2, 0.25) is 11.8 Å². The molecule has 0 bridgehead atoms. The maximum Gasteiger partial charge on any atom is 0.246 e. The highest BCUT2D eigenvalue weighted by atomic mass is 35.5. The Hall–Kier alpha value is -2.08. The van der Waals surface area contributed by atoms with Gasteiger partial charge in [0, 0.05) is 26.2 Å². The van der Waals surface area contributed by atoms with Gasteiger partial charge in [-0.25, -0.2) is 4.98 Å². The van der Waals surface area contributed by atoms with Gasteiger partial charge in [0.05, 0.1) is 23.5 Å². The number of rotatable bonds is 5. The zero-order chi connectivity index (χ0) is 18.0. The highest BCUT2D eigenvalue weighted by molar-refractivity contribution is 6.33. The molecule has 25 heavy (non-hydrogen) atoms. The second-order valence-electron chi connectivity index (χ2n) is 6.99. The molecule has 1 N–H and O–H groups in total. The minimum Gasteiger partial charge on any atom is -0.370 e. The van der Waals surface area contributed by atoms with E-state index >= 15 is 0 Å². The topological polar surface area (TPSA) is 65.5 Å². The van der Waals surface area contributed by atoms with Crippen LogP contribution in [0, 0.1) is 5.41 Å². The number of nitrogens with one attached hydrogen (secondary N) is 1. The smallest absolute Gasteiger partial charge is 0.246 e. The van der Waals surface area contributed by atoms with Crippen LogP contribution in [0.3, 0.4) is 0 Å². The first kappa shape index (κ1) is 17.7. The normalized spacial score (nSPS) is 17.9. The first-order valence-electron chi connectivity index (χ1n) is 8.50. The predicted octanol–water partition coefficient (Wildman–Crippen LogP) is 2.70. The summed E-state index contributed by atoms with van der Waals surface area (Å²) in [5.41, 5.74) is 1.37. The lowest BCUT2D eigenvalue weighted by molar-refractivity contribution is -0.129. The van der Waals surface area contributed by atoms with Gasteiger partial charge in [0.25, 0.3) is 0 Å². The summed E-state index contributed by atoms with van der Waals surface area (Å²) >= 11 is 6.33. The van der Waals surface area contributed by atoms with Crippen LogP contribution >= 0.6 is 11.6 Å². The monoisotopic (exact) mass is 362 g/mol. The molecule has 1 saturated heterocycles. The quantitative estimate of drug-likeness (QED) is 0.818. The fraction of sp³-hybridized carbons (Fsp3) is 0.500. The van der Waals surface area contributed by atoms with Crippen LogP contribution in [0.4, 0.5) is 11.5 Å². The van der Waals surface area contributed by atoms with E-state index in [1.54, 1.807) is 13.2 Å². The molecule has 1 aliphatic carbocycles. The molecule has 2 aliphatic rings. The van der Waals surface area contributed by atoms with E-state index < -0.39 is 0 Å². The molecule has 2 fully saturated rings. The number of halogens is 1. The maximum atomic E-state index is 12.1. The van der Waals surface area contributed by atoms with E-state index in [4.69, 9.17) is 11.6 Å². The van der Waals surface area contributed by atoms with E-state index in [-0.39, 0.29) is 18.4 Å². The van der Waals surface area contributed by atoms with Crippen LogP contribution in [0.5, 0.6) is 0 Å². The average molecular weight is 363 g/mol. The van der Waals surface area contributed by atoms with Crippen molar-refractivity contribution in [2.24, 2.45) is 5.41 Å². The van der Waals surface area contributed by atoms with Gasteiger partial charge in [-0.05, 0) is 30.8 Å². The Labute approximate surface area is 152 Å². The van der Waals surface area contributed by atoms with Gasteiger partial charge in [-0.3, -0.25) is 9.59 Å². The molecule has 1 saturated carbocycles. The minimum atomic E-state index is -0.310. The van der Waals surface area contributed by atoms with Crippen LogP contribution in [-0.2, 0) is 9.59 Å². The number of amides is 2. The van der Waals surface area contributed by atoms with Crippen LogP contribution in [0.2, 0.25) is 5.02 Å². The molecule has 3 rings (SSSR count). The van der Waals surface area contributed by atoms with E-state index in [0.717, 1.165) is 18.8 Å². The zero-order valence-corrected chi connectivity index (χ0v) is 15.2. The lowest BCUT2D eigenvalue weighted by Crippen LogP contribution is -2.34. The second kappa shape index (κ2) is 7.04. The molecule has 6 nitrogen and oxygen atoms in total. The van der Waals surface area contributed by atoms with Crippen molar-refractivity contribution in [3.8, 4) is 0 Å². The van der Waals surface area contributed by atoms with Crippen molar-refractivity contribution in [2.75, 3.05) is 36.9 Å². The van der Waals surface area contributed by atoms with Crippen molar-refractivity contribution < 1.29 is 9.59 Å². The molecule has 1 aliphatic heterocycles. The van der Waals surface area contributed by atoms with Gasteiger partial charge in [-0.1, -0.05) is 24.6 Å². The number of likely N-dealkylation sites (N-methyl/N-ethyl adjacent to an activating group) is 1. The van der Waals surface area contributed by atoms with E-state index in [1.807, 2.05) is 6.07 Å². The summed E-state index contributed by atoms with van der Waals surface area (Å²) in [6.45, 7) is 5.34. The highest BCUT2D eigenvalue weighted by Crippen LogP contribution is 2.49. The van der Waals surface area contributed by atoms with Gasteiger partial charge in [0.1, 0.15) is 5.82 Å². The lowest BCUT2D eigenvalue weighted by atomic mass is 9.68. The van der Waals surface area contributed by atoms with Crippen molar-refractivity contribution in [2.45, 2.75) is 25.7 Å². The maximum absolute atomic E-state index is 12.1. The molecule has 1 spiro atoms. The fourth-order valence-corrected chi connectivity index (χ4v) is 3.82. The van der Waals surface area contributed by atoms with E-state index in [2.05, 4.69) is 21.8 Å². The molecule has 2 amide bonds. The first-order valence-corrected chi connectivity index (χ1v) is 8.88. The van der Waals surface area contributed by atoms with Gasteiger partial charge in [-0.15, -0.1) is 0 Å². The Kier molecular flexibility index (Phi) is 4.99. The Morgan fingerprint density at radius 1 is 1.48 bits per heavy atom. The molecule has 1 aromatic rings. The number of carbonyl (C=O) groups is 2. The van der Waals surface area contributed by atoms with Gasteiger partial charge >= 0.3 is 0 Å². The molecule has 0 unspecified atom stereocenters. The summed E-state index contributed by atoms with van der Waals surface area (Å²) in [6, 6.07) is 1.81. The summed E-state index contributed by atoms with van der Waals surface area (Å²) in [6.07, 6.45) is 7.84. The van der Waals surface area contributed by atoms with Crippen molar-refractivity contribution in [1.29, 1.82) is 0 Å². The molecular formula is C18H23ClN4O2. The van der Waals surface area contributed by atoms with E-state index in [0.29, 0.717) is 16.3 Å². The first-order chi connectivity index (χ1) is 11.9. The number of hydrogen-bond acceptors (Lipinski definition) is 4. The number of nitrogens with zero attached hydrogens (tertiary/aromatic N) is 3. The SMILES string of the molecule is C=CC(=O)N(C)CC(=O)Nc1cc(N2CCC3(CCC3)C2)c(Cl)cn1. The molecule has 2 heterocycles. The third-order valence-electron chi connectivity index (χ3n) is 5.23. The molecule has 0 atom stereocenters. The third kappa shape index (κ3) is 3.79. The number of pyridine rings is 1.